The van der Waals surface area contributed by atoms with Crippen LogP contribution in [-0.4, -0.2) is 58.8 Å². The van der Waals surface area contributed by atoms with Gasteiger partial charge in [-0.1, -0.05) is 0 Å². The van der Waals surface area contributed by atoms with Gasteiger partial charge in [0, 0.05) is 5.25 Å². The molecule has 1 heterocycles. The predicted molar refractivity (Wildman–Crippen MR) is 65.0 cm³/mol. The summed E-state index contributed by atoms with van der Waals surface area (Å²) in [5.74, 6) is -1.31. The molecule has 0 unspecified atom stereocenters. The first kappa shape index (κ1) is 14.3. The molecule has 0 aromatic rings. The van der Waals surface area contributed by atoms with Gasteiger partial charge in [0.1, 0.15) is 6.04 Å². The molecule has 1 amide bonds. The Morgan fingerprint density at radius 2 is 2.06 bits per heavy atom. The molecule has 98 valence electrons. The van der Waals surface area contributed by atoms with E-state index < -0.39 is 18.6 Å². The Labute approximate surface area is 104 Å². The van der Waals surface area contributed by atoms with Crippen LogP contribution in [0, 0.1) is 0 Å². The Balaban J connectivity index is 2.21. The molecule has 1 saturated heterocycles. The van der Waals surface area contributed by atoms with Gasteiger partial charge in [-0.25, -0.2) is 4.79 Å². The number of thioether (sulfide) groups is 1. The van der Waals surface area contributed by atoms with E-state index in [9.17, 15) is 9.59 Å². The lowest BCUT2D eigenvalue weighted by atomic mass is 10.2. The average molecular weight is 262 g/mol. The Kier molecular flexibility index (Phi) is 6.31. The maximum Gasteiger partial charge on any atom is 0.328 e. The zero-order chi connectivity index (χ0) is 12.7. The number of carbonyl (C=O) groups is 2. The van der Waals surface area contributed by atoms with Gasteiger partial charge in [-0.3, -0.25) is 4.79 Å². The molecule has 0 aromatic carbocycles. The van der Waals surface area contributed by atoms with Crippen molar-refractivity contribution in [2.75, 3.05) is 25.4 Å². The second-order valence-corrected chi connectivity index (χ2v) is 5.19. The standard InChI is InChI=1S/C10H18N2O4S/c13-5-8(10(15)16)12-9(14)6-17-7-1-3-11-4-2-7/h7-8,11,13H,1-6H2,(H,12,14)(H,15,16)/t8-/m0/s1. The third kappa shape index (κ3) is 5.38. The summed E-state index contributed by atoms with van der Waals surface area (Å²) in [6.45, 7) is 1.35. The van der Waals surface area contributed by atoms with Crippen molar-refractivity contribution in [2.24, 2.45) is 0 Å². The van der Waals surface area contributed by atoms with Crippen molar-refractivity contribution in [3.63, 3.8) is 0 Å². The van der Waals surface area contributed by atoms with Crippen LogP contribution in [0.15, 0.2) is 0 Å². The number of aliphatic carboxylic acids is 1. The van der Waals surface area contributed by atoms with Crippen LogP contribution in [0.2, 0.25) is 0 Å². The molecule has 6 nitrogen and oxygen atoms in total. The molecule has 1 aliphatic heterocycles. The summed E-state index contributed by atoms with van der Waals surface area (Å²) in [7, 11) is 0. The van der Waals surface area contributed by atoms with E-state index in [1.165, 1.54) is 0 Å². The number of carboxylic acids is 1. The van der Waals surface area contributed by atoms with Gasteiger partial charge in [-0.05, 0) is 25.9 Å². The van der Waals surface area contributed by atoms with Crippen LogP contribution in [0.3, 0.4) is 0 Å². The largest absolute Gasteiger partial charge is 0.480 e. The van der Waals surface area contributed by atoms with Crippen molar-refractivity contribution in [1.82, 2.24) is 10.6 Å². The summed E-state index contributed by atoms with van der Waals surface area (Å²) in [6, 6.07) is -1.20. The van der Waals surface area contributed by atoms with E-state index in [4.69, 9.17) is 10.2 Å². The van der Waals surface area contributed by atoms with E-state index in [0.29, 0.717) is 5.25 Å². The summed E-state index contributed by atoms with van der Waals surface area (Å²) in [5.41, 5.74) is 0. The number of nitrogens with one attached hydrogen (secondary N) is 2. The zero-order valence-corrected chi connectivity index (χ0v) is 10.3. The van der Waals surface area contributed by atoms with Gasteiger partial charge in [0.2, 0.25) is 5.91 Å². The van der Waals surface area contributed by atoms with Crippen molar-refractivity contribution in [1.29, 1.82) is 0 Å². The molecular weight excluding hydrogens is 244 g/mol. The lowest BCUT2D eigenvalue weighted by molar-refractivity contribution is -0.142. The molecule has 0 aromatic heterocycles. The first-order chi connectivity index (χ1) is 8.13. The highest BCUT2D eigenvalue weighted by Crippen LogP contribution is 2.19. The first-order valence-electron chi connectivity index (χ1n) is 5.59. The fraction of sp³-hybridized carbons (Fsp3) is 0.800. The van der Waals surface area contributed by atoms with Crippen LogP contribution in [0.1, 0.15) is 12.8 Å². The highest BCUT2D eigenvalue weighted by atomic mass is 32.2. The zero-order valence-electron chi connectivity index (χ0n) is 9.52. The molecule has 0 spiro atoms. The van der Waals surface area contributed by atoms with Crippen LogP contribution in [0.5, 0.6) is 0 Å². The molecule has 1 rings (SSSR count). The Hall–Kier alpha value is -0.790. The summed E-state index contributed by atoms with van der Waals surface area (Å²) in [5, 5.41) is 23.4. The fourth-order valence-electron chi connectivity index (χ4n) is 1.58. The minimum atomic E-state index is -1.22. The normalized spacial score (nSPS) is 18.6. The third-order valence-electron chi connectivity index (χ3n) is 2.55. The Morgan fingerprint density at radius 1 is 1.41 bits per heavy atom. The number of aliphatic hydroxyl groups excluding tert-OH is 1. The van der Waals surface area contributed by atoms with Gasteiger partial charge in [-0.2, -0.15) is 0 Å². The predicted octanol–water partition coefficient (Wildman–Crippen LogP) is -0.967. The van der Waals surface area contributed by atoms with E-state index in [-0.39, 0.29) is 11.7 Å². The highest BCUT2D eigenvalue weighted by Gasteiger charge is 2.20. The maximum atomic E-state index is 11.4. The quantitative estimate of drug-likeness (QED) is 0.492. The molecule has 17 heavy (non-hydrogen) atoms. The number of rotatable bonds is 6. The van der Waals surface area contributed by atoms with E-state index >= 15 is 0 Å². The third-order valence-corrected chi connectivity index (χ3v) is 3.92. The molecule has 1 aliphatic rings. The van der Waals surface area contributed by atoms with Crippen LogP contribution < -0.4 is 10.6 Å². The van der Waals surface area contributed by atoms with Crippen LogP contribution in [0.25, 0.3) is 0 Å². The number of aliphatic hydroxyl groups is 1. The van der Waals surface area contributed by atoms with Crippen molar-refractivity contribution >= 4 is 23.6 Å². The SMILES string of the molecule is O=C(CSC1CCNCC1)N[C@@H](CO)C(=O)O. The van der Waals surface area contributed by atoms with Crippen molar-refractivity contribution in [3.8, 4) is 0 Å². The van der Waals surface area contributed by atoms with Crippen molar-refractivity contribution in [3.05, 3.63) is 0 Å². The maximum absolute atomic E-state index is 11.4. The lowest BCUT2D eigenvalue weighted by Crippen LogP contribution is -2.44. The van der Waals surface area contributed by atoms with Gasteiger partial charge in [0.25, 0.3) is 0 Å². The first-order valence-corrected chi connectivity index (χ1v) is 6.63. The molecule has 1 fully saturated rings. The van der Waals surface area contributed by atoms with Crippen LogP contribution >= 0.6 is 11.8 Å². The fourth-order valence-corrected chi connectivity index (χ4v) is 2.62. The monoisotopic (exact) mass is 262 g/mol. The summed E-state index contributed by atoms with van der Waals surface area (Å²) < 4.78 is 0. The van der Waals surface area contributed by atoms with Gasteiger partial charge >= 0.3 is 5.97 Å². The van der Waals surface area contributed by atoms with Crippen molar-refractivity contribution < 1.29 is 19.8 Å². The van der Waals surface area contributed by atoms with Gasteiger partial charge in [0.15, 0.2) is 0 Å². The van der Waals surface area contributed by atoms with E-state index in [0.717, 1.165) is 25.9 Å². The molecule has 1 atom stereocenters. The summed E-state index contributed by atoms with van der Waals surface area (Å²) in [4.78, 5) is 22.0. The lowest BCUT2D eigenvalue weighted by Gasteiger charge is -2.22. The Bertz CT molecular complexity index is 269. The molecular formula is C10H18N2O4S. The average Bonchev–Trinajstić information content (AvgIpc) is 2.34. The van der Waals surface area contributed by atoms with E-state index in [1.54, 1.807) is 11.8 Å². The van der Waals surface area contributed by atoms with Crippen LogP contribution in [-0.2, 0) is 9.59 Å². The molecule has 0 aliphatic carbocycles. The molecule has 0 saturated carbocycles. The van der Waals surface area contributed by atoms with Crippen LogP contribution in [0.4, 0.5) is 0 Å². The Morgan fingerprint density at radius 3 is 2.59 bits per heavy atom. The molecule has 0 bridgehead atoms. The number of carboxylic acid groups (broad SMARTS) is 1. The van der Waals surface area contributed by atoms with Gasteiger partial charge in [0.05, 0.1) is 12.4 Å². The van der Waals surface area contributed by atoms with Crippen molar-refractivity contribution in [2.45, 2.75) is 24.1 Å². The van der Waals surface area contributed by atoms with E-state index in [2.05, 4.69) is 10.6 Å². The minimum absolute atomic E-state index is 0.244. The highest BCUT2D eigenvalue weighted by molar-refractivity contribution is 8.00. The van der Waals surface area contributed by atoms with E-state index in [1.807, 2.05) is 0 Å². The number of amides is 1. The number of carbonyl (C=O) groups excluding carboxylic acids is 1. The molecule has 4 N–H and O–H groups in total. The topological polar surface area (TPSA) is 98.7 Å². The smallest absolute Gasteiger partial charge is 0.328 e. The summed E-state index contributed by atoms with van der Waals surface area (Å²) in [6.07, 6.45) is 2.06. The second-order valence-electron chi connectivity index (χ2n) is 3.90. The molecule has 7 heteroatoms. The van der Waals surface area contributed by atoms with Gasteiger partial charge in [-0.15, -0.1) is 11.8 Å². The second kappa shape index (κ2) is 7.52. The summed E-state index contributed by atoms with van der Waals surface area (Å²) >= 11 is 1.54. The number of hydrogen-bond acceptors (Lipinski definition) is 5. The molecule has 0 radical (unpaired) electrons. The van der Waals surface area contributed by atoms with Gasteiger partial charge < -0.3 is 20.8 Å². The number of hydrogen-bond donors (Lipinski definition) is 4. The minimum Gasteiger partial charge on any atom is -0.480 e. The number of piperidine rings is 1.